The predicted octanol–water partition coefficient (Wildman–Crippen LogP) is 3.39. The molecule has 19 heavy (non-hydrogen) atoms. The molecule has 94 valence electrons. The van der Waals surface area contributed by atoms with Crippen LogP contribution in [0.25, 0.3) is 11.1 Å². The van der Waals surface area contributed by atoms with Crippen LogP contribution in [0.3, 0.4) is 0 Å². The summed E-state index contributed by atoms with van der Waals surface area (Å²) in [7, 11) is 0. The smallest absolute Gasteiger partial charge is 0.280 e. The Kier molecular flexibility index (Phi) is 2.63. The summed E-state index contributed by atoms with van der Waals surface area (Å²) in [5.41, 5.74) is 2.95. The van der Waals surface area contributed by atoms with Crippen LogP contribution in [0.15, 0.2) is 42.5 Å². The first kappa shape index (κ1) is 11.6. The van der Waals surface area contributed by atoms with E-state index in [0.29, 0.717) is 18.4 Å². The molecule has 0 spiro atoms. The molecule has 3 rings (SSSR count). The van der Waals surface area contributed by atoms with Crippen LogP contribution in [0.1, 0.15) is 22.3 Å². The zero-order valence-corrected chi connectivity index (χ0v) is 10.1. The molecule has 4 nitrogen and oxygen atoms in total. The lowest BCUT2D eigenvalue weighted by atomic mass is 9.96. The number of fused-ring (bicyclic) bond motifs is 1. The molecule has 0 aliphatic heterocycles. The maximum absolute atomic E-state index is 11.9. The molecule has 0 saturated heterocycles. The van der Waals surface area contributed by atoms with Gasteiger partial charge in [0.1, 0.15) is 0 Å². The standard InChI is InChI=1S/C15H11NO3/c17-14-9-7-12-11(10-4-2-1-3-5-10)6-8-13(15(12)14)16(18)19/h1-6,8H,7,9H2. The van der Waals surface area contributed by atoms with E-state index in [2.05, 4.69) is 0 Å². The van der Waals surface area contributed by atoms with E-state index in [0.717, 1.165) is 16.7 Å². The molecule has 0 atom stereocenters. The molecular formula is C15H11NO3. The lowest BCUT2D eigenvalue weighted by molar-refractivity contribution is -0.385. The third kappa shape index (κ3) is 1.81. The molecule has 0 N–H and O–H groups in total. The van der Waals surface area contributed by atoms with Crippen molar-refractivity contribution in [3.63, 3.8) is 0 Å². The molecule has 0 aromatic heterocycles. The number of hydrogen-bond donors (Lipinski definition) is 0. The molecule has 0 heterocycles. The first-order valence-electron chi connectivity index (χ1n) is 6.07. The monoisotopic (exact) mass is 253 g/mol. The van der Waals surface area contributed by atoms with Crippen molar-refractivity contribution in [3.05, 3.63) is 63.7 Å². The summed E-state index contributed by atoms with van der Waals surface area (Å²) in [5.74, 6) is -0.125. The fourth-order valence-electron chi connectivity index (χ4n) is 2.61. The van der Waals surface area contributed by atoms with E-state index in [1.54, 1.807) is 6.07 Å². The van der Waals surface area contributed by atoms with Crippen molar-refractivity contribution in [3.8, 4) is 11.1 Å². The predicted molar refractivity (Wildman–Crippen MR) is 71.2 cm³/mol. The van der Waals surface area contributed by atoms with Crippen LogP contribution in [0.2, 0.25) is 0 Å². The van der Waals surface area contributed by atoms with Crippen molar-refractivity contribution in [2.24, 2.45) is 0 Å². The van der Waals surface area contributed by atoms with Crippen molar-refractivity contribution in [2.75, 3.05) is 0 Å². The fraction of sp³-hybridized carbons (Fsp3) is 0.133. The number of nitro groups is 1. The number of ketones is 1. The van der Waals surface area contributed by atoms with Crippen LogP contribution in [-0.2, 0) is 6.42 Å². The number of carbonyl (C=O) groups is 1. The first-order valence-corrected chi connectivity index (χ1v) is 6.07. The van der Waals surface area contributed by atoms with Gasteiger partial charge < -0.3 is 0 Å². The maximum atomic E-state index is 11.9. The molecule has 0 amide bonds. The Morgan fingerprint density at radius 3 is 2.42 bits per heavy atom. The minimum atomic E-state index is -0.475. The number of hydrogen-bond acceptors (Lipinski definition) is 3. The Morgan fingerprint density at radius 2 is 1.74 bits per heavy atom. The Hall–Kier alpha value is -2.49. The van der Waals surface area contributed by atoms with Crippen molar-refractivity contribution in [1.82, 2.24) is 0 Å². The van der Waals surface area contributed by atoms with Gasteiger partial charge in [-0.15, -0.1) is 0 Å². The van der Waals surface area contributed by atoms with Gasteiger partial charge in [0.25, 0.3) is 5.69 Å². The molecule has 1 aliphatic carbocycles. The summed E-state index contributed by atoms with van der Waals surface area (Å²) in [4.78, 5) is 22.4. The largest absolute Gasteiger partial charge is 0.294 e. The molecule has 0 saturated carbocycles. The van der Waals surface area contributed by atoms with Gasteiger partial charge in [-0.05, 0) is 29.2 Å². The van der Waals surface area contributed by atoms with Crippen molar-refractivity contribution in [2.45, 2.75) is 12.8 Å². The van der Waals surface area contributed by atoms with Gasteiger partial charge in [-0.2, -0.15) is 0 Å². The van der Waals surface area contributed by atoms with Crippen LogP contribution < -0.4 is 0 Å². The highest BCUT2D eigenvalue weighted by molar-refractivity contribution is 6.06. The van der Waals surface area contributed by atoms with Gasteiger partial charge in [-0.1, -0.05) is 30.3 Å². The highest BCUT2D eigenvalue weighted by atomic mass is 16.6. The quantitative estimate of drug-likeness (QED) is 0.608. The highest BCUT2D eigenvalue weighted by Crippen LogP contribution is 2.37. The van der Waals surface area contributed by atoms with Crippen molar-refractivity contribution in [1.29, 1.82) is 0 Å². The molecule has 4 heteroatoms. The number of benzene rings is 2. The Bertz CT molecular complexity index is 677. The van der Waals surface area contributed by atoms with E-state index in [1.807, 2.05) is 30.3 Å². The van der Waals surface area contributed by atoms with Gasteiger partial charge in [-0.3, -0.25) is 14.9 Å². The van der Waals surface area contributed by atoms with E-state index in [1.165, 1.54) is 6.07 Å². The molecule has 2 aromatic carbocycles. The Labute approximate surface area is 109 Å². The second-order valence-corrected chi connectivity index (χ2v) is 4.53. The van der Waals surface area contributed by atoms with E-state index in [4.69, 9.17) is 0 Å². The van der Waals surface area contributed by atoms with E-state index in [9.17, 15) is 14.9 Å². The van der Waals surface area contributed by atoms with Crippen LogP contribution in [0, 0.1) is 10.1 Å². The second-order valence-electron chi connectivity index (χ2n) is 4.53. The molecule has 0 fully saturated rings. The summed E-state index contributed by atoms with van der Waals surface area (Å²) >= 11 is 0. The molecule has 0 radical (unpaired) electrons. The van der Waals surface area contributed by atoms with Gasteiger partial charge in [-0.25, -0.2) is 0 Å². The van der Waals surface area contributed by atoms with E-state index < -0.39 is 4.92 Å². The van der Waals surface area contributed by atoms with Crippen molar-refractivity contribution >= 4 is 11.5 Å². The Morgan fingerprint density at radius 1 is 1.00 bits per heavy atom. The van der Waals surface area contributed by atoms with Gasteiger partial charge in [0, 0.05) is 12.5 Å². The summed E-state index contributed by atoms with van der Waals surface area (Å²) in [6, 6.07) is 12.8. The third-order valence-electron chi connectivity index (χ3n) is 3.45. The number of nitrogens with zero attached hydrogens (tertiary/aromatic N) is 1. The van der Waals surface area contributed by atoms with Gasteiger partial charge >= 0.3 is 0 Å². The molecule has 1 aliphatic rings. The van der Waals surface area contributed by atoms with Crippen molar-refractivity contribution < 1.29 is 9.72 Å². The first-order chi connectivity index (χ1) is 9.18. The molecular weight excluding hydrogens is 242 g/mol. The van der Waals surface area contributed by atoms with Crippen LogP contribution in [0.5, 0.6) is 0 Å². The Balaban J connectivity index is 2.26. The number of nitro benzene ring substituents is 1. The van der Waals surface area contributed by atoms with Crippen LogP contribution >= 0.6 is 0 Å². The van der Waals surface area contributed by atoms with Gasteiger partial charge in [0.05, 0.1) is 10.5 Å². The minimum Gasteiger partial charge on any atom is -0.294 e. The van der Waals surface area contributed by atoms with Gasteiger partial charge in [0.2, 0.25) is 0 Å². The third-order valence-corrected chi connectivity index (χ3v) is 3.45. The van der Waals surface area contributed by atoms with Crippen LogP contribution in [-0.4, -0.2) is 10.7 Å². The average Bonchev–Trinajstić information content (AvgIpc) is 2.81. The zero-order valence-electron chi connectivity index (χ0n) is 10.1. The number of carbonyl (C=O) groups excluding carboxylic acids is 1. The minimum absolute atomic E-state index is 0.0721. The highest BCUT2D eigenvalue weighted by Gasteiger charge is 2.31. The summed E-state index contributed by atoms with van der Waals surface area (Å²) < 4.78 is 0. The normalized spacial score (nSPS) is 13.4. The summed E-state index contributed by atoms with van der Waals surface area (Å²) in [5, 5.41) is 11.0. The topological polar surface area (TPSA) is 60.2 Å². The fourth-order valence-corrected chi connectivity index (χ4v) is 2.61. The molecule has 2 aromatic rings. The molecule has 0 unspecified atom stereocenters. The summed E-state index contributed by atoms with van der Waals surface area (Å²) in [6.45, 7) is 0. The van der Waals surface area contributed by atoms with E-state index in [-0.39, 0.29) is 11.5 Å². The average molecular weight is 253 g/mol. The lowest BCUT2D eigenvalue weighted by Gasteiger charge is -2.08. The number of rotatable bonds is 2. The second kappa shape index (κ2) is 4.31. The maximum Gasteiger partial charge on any atom is 0.280 e. The molecule has 0 bridgehead atoms. The zero-order chi connectivity index (χ0) is 13.4. The van der Waals surface area contributed by atoms with Gasteiger partial charge in [0.15, 0.2) is 5.78 Å². The SMILES string of the molecule is O=C1CCc2c(-c3ccccc3)ccc([N+](=O)[O-])c21. The van der Waals surface area contributed by atoms with E-state index >= 15 is 0 Å². The summed E-state index contributed by atoms with van der Waals surface area (Å²) in [6.07, 6.45) is 0.945. The lowest BCUT2D eigenvalue weighted by Crippen LogP contribution is -2.00. The number of Topliss-reactive ketones (excluding diaryl/α,β-unsaturated/α-hetero) is 1. The van der Waals surface area contributed by atoms with Crippen LogP contribution in [0.4, 0.5) is 5.69 Å².